The summed E-state index contributed by atoms with van der Waals surface area (Å²) in [6, 6.07) is 15.7. The fraction of sp³-hybridized carbons (Fsp3) is 0.576. The van der Waals surface area contributed by atoms with Gasteiger partial charge >= 0.3 is 11.9 Å². The van der Waals surface area contributed by atoms with E-state index in [9.17, 15) is 9.59 Å². The van der Waals surface area contributed by atoms with Crippen LogP contribution in [0, 0.1) is 0 Å². The molecule has 1 aliphatic heterocycles. The Morgan fingerprint density at radius 2 is 1.75 bits per heavy atom. The molecule has 2 atom stereocenters. The van der Waals surface area contributed by atoms with Gasteiger partial charge in [0.1, 0.15) is 0 Å². The molecule has 0 saturated carbocycles. The zero-order valence-corrected chi connectivity index (χ0v) is 24.2. The Balaban J connectivity index is 1.41. The van der Waals surface area contributed by atoms with Gasteiger partial charge in [-0.1, -0.05) is 49.2 Å². The highest BCUT2D eigenvalue weighted by Gasteiger charge is 2.22. The molecule has 0 radical (unpaired) electrons. The second-order valence-corrected chi connectivity index (χ2v) is 10.2. The number of hydrogen-bond acceptors (Lipinski definition) is 7. The molecule has 0 spiro atoms. The molecule has 0 aromatic heterocycles. The minimum Gasteiger partial charge on any atom is -0.467 e. The predicted molar refractivity (Wildman–Crippen MR) is 154 cm³/mol. The van der Waals surface area contributed by atoms with E-state index in [-0.39, 0.29) is 18.2 Å². The van der Waals surface area contributed by atoms with Crippen LogP contribution in [0.3, 0.4) is 0 Å². The first-order chi connectivity index (χ1) is 19.6. The van der Waals surface area contributed by atoms with E-state index in [1.54, 1.807) is 13.0 Å². The van der Waals surface area contributed by atoms with Crippen LogP contribution in [0.15, 0.2) is 48.5 Å². The molecule has 2 unspecified atom stereocenters. The molecule has 1 fully saturated rings. The number of methoxy groups -OCH3 is 1. The number of aryl methyl sites for hydroxylation is 2. The molecule has 1 saturated heterocycles. The Morgan fingerprint density at radius 3 is 2.52 bits per heavy atom. The lowest BCUT2D eigenvalue weighted by Crippen LogP contribution is -2.29. The third-order valence-electron chi connectivity index (χ3n) is 7.14. The highest BCUT2D eigenvalue weighted by atomic mass is 16.7. The van der Waals surface area contributed by atoms with E-state index in [1.807, 2.05) is 24.3 Å². The maximum atomic E-state index is 12.5. The summed E-state index contributed by atoms with van der Waals surface area (Å²) in [6.45, 7) is 4.14. The first-order valence-corrected chi connectivity index (χ1v) is 14.9. The molecule has 1 aliphatic rings. The molecular weight excluding hydrogens is 508 g/mol. The largest absolute Gasteiger partial charge is 0.467 e. The Bertz CT molecular complexity index is 1020. The topological polar surface area (TPSA) is 80.3 Å². The van der Waals surface area contributed by atoms with Crippen LogP contribution in [0.4, 0.5) is 0 Å². The summed E-state index contributed by atoms with van der Waals surface area (Å²) in [5.74, 6) is -0.676. The Hall–Kier alpha value is -2.74. The summed E-state index contributed by atoms with van der Waals surface area (Å²) in [5, 5.41) is 0. The van der Waals surface area contributed by atoms with Gasteiger partial charge in [0.15, 0.2) is 12.4 Å². The summed E-state index contributed by atoms with van der Waals surface area (Å²) in [6.07, 6.45) is 9.99. The average molecular weight is 555 g/mol. The average Bonchev–Trinajstić information content (AvgIpc) is 2.99. The van der Waals surface area contributed by atoms with Crippen molar-refractivity contribution in [3.63, 3.8) is 0 Å². The van der Waals surface area contributed by atoms with Gasteiger partial charge in [0.25, 0.3) is 0 Å². The summed E-state index contributed by atoms with van der Waals surface area (Å²) in [7, 11) is 1.40. The van der Waals surface area contributed by atoms with E-state index in [2.05, 4.69) is 18.2 Å². The summed E-state index contributed by atoms with van der Waals surface area (Å²) in [5.41, 5.74) is 3.95. The van der Waals surface area contributed by atoms with Crippen molar-refractivity contribution in [2.24, 2.45) is 0 Å². The van der Waals surface area contributed by atoms with E-state index in [0.29, 0.717) is 25.2 Å². The van der Waals surface area contributed by atoms with Crippen molar-refractivity contribution >= 4 is 11.9 Å². The summed E-state index contributed by atoms with van der Waals surface area (Å²) in [4.78, 5) is 24.5. The van der Waals surface area contributed by atoms with E-state index in [1.165, 1.54) is 19.1 Å². The highest BCUT2D eigenvalue weighted by molar-refractivity contribution is 5.89. The maximum Gasteiger partial charge on any atom is 0.338 e. The molecule has 3 rings (SSSR count). The Morgan fingerprint density at radius 1 is 0.925 bits per heavy atom. The van der Waals surface area contributed by atoms with Crippen molar-refractivity contribution in [2.75, 3.05) is 33.5 Å². The molecule has 7 heteroatoms. The minimum absolute atomic E-state index is 0.00637. The van der Waals surface area contributed by atoms with Crippen molar-refractivity contribution in [3.8, 4) is 0 Å². The molecule has 220 valence electrons. The van der Waals surface area contributed by atoms with E-state index >= 15 is 0 Å². The molecular formula is C33H46O7. The Kier molecular flexibility index (Phi) is 14.8. The molecule has 0 bridgehead atoms. The molecule has 2 aromatic carbocycles. The van der Waals surface area contributed by atoms with Crippen LogP contribution in [-0.4, -0.2) is 57.9 Å². The van der Waals surface area contributed by atoms with Gasteiger partial charge in [0.05, 0.1) is 19.3 Å². The highest BCUT2D eigenvalue weighted by Crippen LogP contribution is 2.18. The van der Waals surface area contributed by atoms with Crippen molar-refractivity contribution in [2.45, 2.75) is 89.9 Å². The number of ether oxygens (including phenoxy) is 5. The number of benzene rings is 2. The van der Waals surface area contributed by atoms with Gasteiger partial charge in [0.2, 0.25) is 0 Å². The molecule has 40 heavy (non-hydrogen) atoms. The molecule has 0 N–H and O–H groups in total. The van der Waals surface area contributed by atoms with Gasteiger partial charge in [-0.2, -0.15) is 0 Å². The zero-order valence-electron chi connectivity index (χ0n) is 24.2. The smallest absolute Gasteiger partial charge is 0.338 e. The molecule has 1 heterocycles. The summed E-state index contributed by atoms with van der Waals surface area (Å²) < 4.78 is 27.6. The lowest BCUT2D eigenvalue weighted by atomic mass is 9.97. The molecule has 0 amide bonds. The van der Waals surface area contributed by atoms with E-state index in [0.717, 1.165) is 82.1 Å². The van der Waals surface area contributed by atoms with Crippen LogP contribution >= 0.6 is 0 Å². The number of hydrogen-bond donors (Lipinski definition) is 0. The predicted octanol–water partition coefficient (Wildman–Crippen LogP) is 6.24. The fourth-order valence-corrected chi connectivity index (χ4v) is 4.94. The number of esters is 2. The first kappa shape index (κ1) is 31.8. The quantitative estimate of drug-likeness (QED) is 0.159. The van der Waals surface area contributed by atoms with Crippen molar-refractivity contribution in [1.29, 1.82) is 0 Å². The third-order valence-corrected chi connectivity index (χ3v) is 7.14. The van der Waals surface area contributed by atoms with Gasteiger partial charge in [-0.3, -0.25) is 0 Å². The van der Waals surface area contributed by atoms with Crippen molar-refractivity contribution < 1.29 is 33.3 Å². The molecule has 7 nitrogen and oxygen atoms in total. The SMILES string of the molecule is CCOC(=O)c1cccc(CCCOC(Cc2ccccc2CCCCCCOC2CCCCO2)C(=O)OC)c1. The van der Waals surface area contributed by atoms with Gasteiger partial charge in [-0.05, 0) is 87.1 Å². The molecule has 2 aromatic rings. The van der Waals surface area contributed by atoms with E-state index in [4.69, 9.17) is 23.7 Å². The molecule has 0 aliphatic carbocycles. The van der Waals surface area contributed by atoms with Crippen LogP contribution in [0.25, 0.3) is 0 Å². The number of carbonyl (C=O) groups excluding carboxylic acids is 2. The maximum absolute atomic E-state index is 12.5. The number of carbonyl (C=O) groups is 2. The second-order valence-electron chi connectivity index (χ2n) is 10.2. The summed E-state index contributed by atoms with van der Waals surface area (Å²) >= 11 is 0. The fourth-order valence-electron chi connectivity index (χ4n) is 4.94. The monoisotopic (exact) mass is 554 g/mol. The zero-order chi connectivity index (χ0) is 28.4. The lowest BCUT2D eigenvalue weighted by molar-refractivity contribution is -0.162. The van der Waals surface area contributed by atoms with Gasteiger partial charge in [-0.15, -0.1) is 0 Å². The van der Waals surface area contributed by atoms with Crippen molar-refractivity contribution in [3.05, 3.63) is 70.8 Å². The second kappa shape index (κ2) is 18.6. The van der Waals surface area contributed by atoms with Crippen molar-refractivity contribution in [1.82, 2.24) is 0 Å². The van der Waals surface area contributed by atoms with Crippen LogP contribution in [-0.2, 0) is 47.7 Å². The number of unbranched alkanes of at least 4 members (excludes halogenated alkanes) is 3. The lowest BCUT2D eigenvalue weighted by Gasteiger charge is -2.22. The van der Waals surface area contributed by atoms with Gasteiger partial charge in [-0.25, -0.2) is 9.59 Å². The van der Waals surface area contributed by atoms with Gasteiger partial charge < -0.3 is 23.7 Å². The minimum atomic E-state index is -0.656. The third kappa shape index (κ3) is 11.4. The van der Waals surface area contributed by atoms with Crippen LogP contribution in [0.1, 0.15) is 85.3 Å². The number of rotatable bonds is 18. The normalized spacial score (nSPS) is 15.9. The first-order valence-electron chi connectivity index (χ1n) is 14.9. The van der Waals surface area contributed by atoms with Crippen LogP contribution in [0.2, 0.25) is 0 Å². The standard InChI is InChI=1S/C33H46O7/c1-3-37-32(34)29-19-12-14-26(24-29)15-13-23-38-30(33(35)36-2)25-28-18-8-7-17-27(28)16-6-4-5-10-21-39-31-20-9-11-22-40-31/h7-8,12,14,17-19,24,30-31H,3-6,9-11,13,15-16,20-23,25H2,1-2H3. The van der Waals surface area contributed by atoms with Gasteiger partial charge in [0, 0.05) is 26.2 Å². The Labute approximate surface area is 239 Å². The van der Waals surface area contributed by atoms with Crippen LogP contribution in [0.5, 0.6) is 0 Å². The van der Waals surface area contributed by atoms with Crippen LogP contribution < -0.4 is 0 Å². The van der Waals surface area contributed by atoms with E-state index < -0.39 is 6.10 Å².